The van der Waals surface area contributed by atoms with Crippen molar-refractivity contribution >= 4 is 16.6 Å². The van der Waals surface area contributed by atoms with E-state index in [2.05, 4.69) is 4.98 Å². The van der Waals surface area contributed by atoms with Crippen LogP contribution in [0.25, 0.3) is 16.6 Å². The monoisotopic (exact) mass is 275 g/mol. The summed E-state index contributed by atoms with van der Waals surface area (Å²) in [5, 5.41) is 0. The quantitative estimate of drug-likeness (QED) is 0.564. The maximum absolute atomic E-state index is 12.7. The standard InChI is InChI=1S/C17H13N3O/c21-17-16-10-18-12-20(16)15-9-5-4-8-14(15)19(17)11-13-6-2-1-3-7-13/h1-10,12H,11H2. The largest absolute Gasteiger partial charge is 0.301 e. The van der Waals surface area contributed by atoms with Crippen LogP contribution in [0.5, 0.6) is 0 Å². The molecule has 21 heavy (non-hydrogen) atoms. The van der Waals surface area contributed by atoms with Gasteiger partial charge in [0.25, 0.3) is 5.56 Å². The Kier molecular flexibility index (Phi) is 2.60. The lowest BCUT2D eigenvalue weighted by atomic mass is 10.2. The Balaban J connectivity index is 2.06. The van der Waals surface area contributed by atoms with E-state index in [1.54, 1.807) is 12.5 Å². The molecule has 0 aliphatic carbocycles. The highest BCUT2D eigenvalue weighted by atomic mass is 16.1. The molecule has 2 aromatic carbocycles. The number of aromatic nitrogens is 3. The molecule has 0 saturated carbocycles. The van der Waals surface area contributed by atoms with E-state index >= 15 is 0 Å². The molecule has 0 radical (unpaired) electrons. The summed E-state index contributed by atoms with van der Waals surface area (Å²) in [5.74, 6) is 0. The van der Waals surface area contributed by atoms with Gasteiger partial charge in [0.1, 0.15) is 5.52 Å². The van der Waals surface area contributed by atoms with E-state index in [0.29, 0.717) is 12.1 Å². The first kappa shape index (κ1) is 11.9. The fraction of sp³-hybridized carbons (Fsp3) is 0.0588. The topological polar surface area (TPSA) is 39.3 Å². The highest BCUT2D eigenvalue weighted by molar-refractivity contribution is 5.78. The van der Waals surface area contributed by atoms with E-state index in [-0.39, 0.29) is 5.56 Å². The van der Waals surface area contributed by atoms with Crippen LogP contribution in [0.15, 0.2) is 71.9 Å². The van der Waals surface area contributed by atoms with Gasteiger partial charge in [0, 0.05) is 0 Å². The minimum absolute atomic E-state index is 0.0185. The summed E-state index contributed by atoms with van der Waals surface area (Å²) in [6.45, 7) is 0.557. The third kappa shape index (κ3) is 1.84. The van der Waals surface area contributed by atoms with Gasteiger partial charge in [-0.15, -0.1) is 0 Å². The zero-order chi connectivity index (χ0) is 14.2. The van der Waals surface area contributed by atoms with Gasteiger partial charge in [0.2, 0.25) is 0 Å². The van der Waals surface area contributed by atoms with Gasteiger partial charge in [0.15, 0.2) is 0 Å². The molecule has 102 valence electrons. The number of nitrogens with zero attached hydrogens (tertiary/aromatic N) is 3. The fourth-order valence-electron chi connectivity index (χ4n) is 2.71. The van der Waals surface area contributed by atoms with Crippen molar-refractivity contribution in [2.24, 2.45) is 0 Å². The lowest BCUT2D eigenvalue weighted by molar-refractivity contribution is 0.793. The summed E-state index contributed by atoms with van der Waals surface area (Å²) in [4.78, 5) is 16.8. The van der Waals surface area contributed by atoms with Gasteiger partial charge in [-0.2, -0.15) is 0 Å². The van der Waals surface area contributed by atoms with Gasteiger partial charge < -0.3 is 4.57 Å². The number of fused-ring (bicyclic) bond motifs is 3. The van der Waals surface area contributed by atoms with Crippen molar-refractivity contribution in [3.63, 3.8) is 0 Å². The van der Waals surface area contributed by atoms with E-state index in [1.807, 2.05) is 63.6 Å². The van der Waals surface area contributed by atoms with Crippen molar-refractivity contribution in [3.05, 3.63) is 83.0 Å². The van der Waals surface area contributed by atoms with Gasteiger partial charge >= 0.3 is 0 Å². The zero-order valence-corrected chi connectivity index (χ0v) is 11.3. The van der Waals surface area contributed by atoms with Crippen molar-refractivity contribution in [1.29, 1.82) is 0 Å². The van der Waals surface area contributed by atoms with Crippen LogP contribution >= 0.6 is 0 Å². The SMILES string of the molecule is O=c1c2cncn2c2ccccc2n1Cc1ccccc1. The number of para-hydroxylation sites is 2. The predicted molar refractivity (Wildman–Crippen MR) is 82.5 cm³/mol. The number of hydrogen-bond acceptors (Lipinski definition) is 2. The number of imidazole rings is 1. The normalized spacial score (nSPS) is 11.2. The molecule has 0 aliphatic rings. The van der Waals surface area contributed by atoms with Crippen LogP contribution in [0.4, 0.5) is 0 Å². The first-order valence-electron chi connectivity index (χ1n) is 6.82. The van der Waals surface area contributed by atoms with E-state index in [9.17, 15) is 4.79 Å². The summed E-state index contributed by atoms with van der Waals surface area (Å²) in [6, 6.07) is 17.9. The molecule has 0 spiro atoms. The Morgan fingerprint density at radius 1 is 0.857 bits per heavy atom. The van der Waals surface area contributed by atoms with E-state index in [4.69, 9.17) is 0 Å². The number of hydrogen-bond donors (Lipinski definition) is 0. The summed E-state index contributed by atoms with van der Waals surface area (Å²) in [6.07, 6.45) is 3.31. The van der Waals surface area contributed by atoms with Crippen molar-refractivity contribution in [1.82, 2.24) is 14.0 Å². The Hall–Kier alpha value is -2.88. The van der Waals surface area contributed by atoms with Gasteiger partial charge in [-0.25, -0.2) is 4.98 Å². The average molecular weight is 275 g/mol. The van der Waals surface area contributed by atoms with E-state index < -0.39 is 0 Å². The molecule has 0 bridgehead atoms. The molecule has 0 amide bonds. The molecule has 0 atom stereocenters. The number of benzene rings is 2. The average Bonchev–Trinajstić information content (AvgIpc) is 3.02. The summed E-state index contributed by atoms with van der Waals surface area (Å²) in [5.41, 5.74) is 3.59. The van der Waals surface area contributed by atoms with Crippen molar-refractivity contribution in [2.75, 3.05) is 0 Å². The van der Waals surface area contributed by atoms with Crippen LogP contribution in [0.1, 0.15) is 5.56 Å². The Morgan fingerprint density at radius 2 is 1.57 bits per heavy atom. The second-order valence-corrected chi connectivity index (χ2v) is 5.01. The molecule has 0 aliphatic heterocycles. The first-order chi connectivity index (χ1) is 10.3. The maximum atomic E-state index is 12.7. The Labute approximate surface area is 120 Å². The van der Waals surface area contributed by atoms with Crippen LogP contribution in [0, 0.1) is 0 Å². The molecule has 0 saturated heterocycles. The molecule has 4 rings (SSSR count). The molecule has 0 fully saturated rings. The predicted octanol–water partition coefficient (Wildman–Crippen LogP) is 2.70. The minimum Gasteiger partial charge on any atom is -0.301 e. The highest BCUT2D eigenvalue weighted by Gasteiger charge is 2.10. The van der Waals surface area contributed by atoms with Gasteiger partial charge in [-0.3, -0.25) is 9.20 Å². The van der Waals surface area contributed by atoms with Crippen LogP contribution in [0.3, 0.4) is 0 Å². The van der Waals surface area contributed by atoms with Gasteiger partial charge in [0.05, 0.1) is 30.1 Å². The van der Waals surface area contributed by atoms with Gasteiger partial charge in [-0.1, -0.05) is 42.5 Å². The first-order valence-corrected chi connectivity index (χ1v) is 6.82. The third-order valence-corrected chi connectivity index (χ3v) is 3.72. The summed E-state index contributed by atoms with van der Waals surface area (Å²) < 4.78 is 3.65. The molecule has 2 aromatic heterocycles. The molecule has 4 nitrogen and oxygen atoms in total. The molecule has 0 N–H and O–H groups in total. The lowest BCUT2D eigenvalue weighted by Gasteiger charge is -2.12. The van der Waals surface area contributed by atoms with Crippen molar-refractivity contribution < 1.29 is 0 Å². The van der Waals surface area contributed by atoms with Crippen LogP contribution < -0.4 is 5.56 Å². The van der Waals surface area contributed by atoms with Crippen molar-refractivity contribution in [2.45, 2.75) is 6.54 Å². The maximum Gasteiger partial charge on any atom is 0.277 e. The minimum atomic E-state index is -0.0185. The number of rotatable bonds is 2. The second kappa shape index (κ2) is 4.59. The Morgan fingerprint density at radius 3 is 2.38 bits per heavy atom. The van der Waals surface area contributed by atoms with Crippen LogP contribution in [-0.4, -0.2) is 14.0 Å². The highest BCUT2D eigenvalue weighted by Crippen LogP contribution is 2.15. The fourth-order valence-corrected chi connectivity index (χ4v) is 2.71. The van der Waals surface area contributed by atoms with Crippen LogP contribution in [-0.2, 0) is 6.54 Å². The molecule has 4 aromatic rings. The molecular formula is C17H13N3O. The summed E-state index contributed by atoms with van der Waals surface area (Å²) in [7, 11) is 0. The molecule has 2 heterocycles. The zero-order valence-electron chi connectivity index (χ0n) is 11.3. The van der Waals surface area contributed by atoms with E-state index in [0.717, 1.165) is 16.6 Å². The lowest BCUT2D eigenvalue weighted by Crippen LogP contribution is -2.23. The molecule has 0 unspecified atom stereocenters. The van der Waals surface area contributed by atoms with Gasteiger partial charge in [-0.05, 0) is 17.7 Å². The van der Waals surface area contributed by atoms with Crippen molar-refractivity contribution in [3.8, 4) is 0 Å². The molecular weight excluding hydrogens is 262 g/mol. The summed E-state index contributed by atoms with van der Waals surface area (Å²) >= 11 is 0. The Bertz CT molecular complexity index is 983. The van der Waals surface area contributed by atoms with Crippen LogP contribution in [0.2, 0.25) is 0 Å². The second-order valence-electron chi connectivity index (χ2n) is 5.01. The third-order valence-electron chi connectivity index (χ3n) is 3.72. The smallest absolute Gasteiger partial charge is 0.277 e. The van der Waals surface area contributed by atoms with E-state index in [1.165, 1.54) is 0 Å². The molecule has 4 heteroatoms.